The van der Waals surface area contributed by atoms with Crippen LogP contribution in [0.2, 0.25) is 0 Å². The second-order valence-electron chi connectivity index (χ2n) is 3.26. The van der Waals surface area contributed by atoms with Crippen LogP contribution in [0.4, 0.5) is 0 Å². The van der Waals surface area contributed by atoms with Gasteiger partial charge in [-0.1, -0.05) is 6.92 Å². The number of rotatable bonds is 3. The van der Waals surface area contributed by atoms with E-state index >= 15 is 0 Å². The molecule has 6 heteroatoms. The summed E-state index contributed by atoms with van der Waals surface area (Å²) >= 11 is 3.70. The van der Waals surface area contributed by atoms with Gasteiger partial charge in [0.1, 0.15) is 0 Å². The lowest BCUT2D eigenvalue weighted by molar-refractivity contribution is 0.627. The van der Waals surface area contributed by atoms with E-state index in [2.05, 4.69) is 39.6 Å². The van der Waals surface area contributed by atoms with Crippen LogP contribution < -0.4 is 5.56 Å². The van der Waals surface area contributed by atoms with Gasteiger partial charge in [0.2, 0.25) is 0 Å². The Morgan fingerprint density at radius 1 is 1.56 bits per heavy atom. The molecule has 0 unspecified atom stereocenters. The van der Waals surface area contributed by atoms with E-state index in [1.54, 1.807) is 23.6 Å². The van der Waals surface area contributed by atoms with Crippen LogP contribution in [0.1, 0.15) is 17.6 Å². The molecule has 0 aliphatic rings. The minimum absolute atomic E-state index is 0.0852. The molecule has 0 saturated carbocycles. The summed E-state index contributed by atoms with van der Waals surface area (Å²) in [5.41, 5.74) is 0.815. The lowest BCUT2D eigenvalue weighted by Gasteiger charge is -2.00. The number of hydrogen-bond acceptors (Lipinski definition) is 4. The highest BCUT2D eigenvalue weighted by molar-refractivity contribution is 14.1. The monoisotopic (exact) mass is 347 g/mol. The number of aromatic nitrogens is 3. The van der Waals surface area contributed by atoms with Gasteiger partial charge in [-0.2, -0.15) is 5.10 Å². The molecule has 0 spiro atoms. The topological polar surface area (TPSA) is 47.8 Å². The van der Waals surface area contributed by atoms with Crippen molar-refractivity contribution in [3.8, 4) is 0 Å². The predicted molar refractivity (Wildman–Crippen MR) is 71.8 cm³/mol. The first-order chi connectivity index (χ1) is 7.69. The summed E-state index contributed by atoms with van der Waals surface area (Å²) in [6.45, 7) is 2.52. The van der Waals surface area contributed by atoms with E-state index in [1.165, 1.54) is 4.68 Å². The Labute approximate surface area is 110 Å². The fourth-order valence-electron chi connectivity index (χ4n) is 1.27. The Kier molecular flexibility index (Phi) is 3.70. The van der Waals surface area contributed by atoms with Crippen molar-refractivity contribution in [1.29, 1.82) is 0 Å². The van der Waals surface area contributed by atoms with Crippen LogP contribution in [-0.2, 0) is 13.0 Å². The molecule has 0 saturated heterocycles. The minimum atomic E-state index is -0.0852. The molecule has 2 aromatic heterocycles. The van der Waals surface area contributed by atoms with Gasteiger partial charge < -0.3 is 0 Å². The third-order valence-electron chi connectivity index (χ3n) is 2.05. The van der Waals surface area contributed by atoms with Crippen molar-refractivity contribution in [1.82, 2.24) is 14.8 Å². The Bertz CT molecular complexity index is 549. The van der Waals surface area contributed by atoms with E-state index in [-0.39, 0.29) is 5.56 Å². The summed E-state index contributed by atoms with van der Waals surface area (Å²) in [5, 5.41) is 7.14. The van der Waals surface area contributed by atoms with Crippen molar-refractivity contribution in [2.24, 2.45) is 0 Å². The molecular formula is C10H10IN3OS. The first-order valence-corrected chi connectivity index (χ1v) is 6.81. The molecule has 0 N–H and O–H groups in total. The first kappa shape index (κ1) is 11.7. The van der Waals surface area contributed by atoms with E-state index < -0.39 is 0 Å². The summed E-state index contributed by atoms with van der Waals surface area (Å²) in [7, 11) is 0. The third kappa shape index (κ3) is 2.67. The van der Waals surface area contributed by atoms with E-state index in [4.69, 9.17) is 0 Å². The highest BCUT2D eigenvalue weighted by Crippen LogP contribution is 2.10. The predicted octanol–water partition coefficient (Wildman–Crippen LogP) is 1.92. The number of halogens is 1. The van der Waals surface area contributed by atoms with Crippen molar-refractivity contribution in [2.75, 3.05) is 0 Å². The number of hydrogen-bond donors (Lipinski definition) is 0. The quantitative estimate of drug-likeness (QED) is 0.797. The molecule has 0 fully saturated rings. The largest absolute Gasteiger partial charge is 0.268 e. The molecule has 2 rings (SSSR count). The molecule has 16 heavy (non-hydrogen) atoms. The first-order valence-electron chi connectivity index (χ1n) is 4.85. The Balaban J connectivity index is 2.23. The van der Waals surface area contributed by atoms with Crippen molar-refractivity contribution < 1.29 is 0 Å². The van der Waals surface area contributed by atoms with Crippen molar-refractivity contribution in [3.63, 3.8) is 0 Å². The Hall–Kier alpha value is -0.760. The van der Waals surface area contributed by atoms with Crippen molar-refractivity contribution >= 4 is 33.9 Å². The van der Waals surface area contributed by atoms with Crippen molar-refractivity contribution in [2.45, 2.75) is 19.9 Å². The molecule has 0 radical (unpaired) electrons. The normalized spacial score (nSPS) is 10.6. The van der Waals surface area contributed by atoms with E-state index in [0.29, 0.717) is 6.54 Å². The van der Waals surface area contributed by atoms with E-state index in [0.717, 1.165) is 20.7 Å². The fraction of sp³-hybridized carbons (Fsp3) is 0.300. The maximum atomic E-state index is 11.6. The van der Waals surface area contributed by atoms with Gasteiger partial charge in [-0.15, -0.1) is 11.3 Å². The molecule has 0 amide bonds. The number of thiazole rings is 1. The van der Waals surface area contributed by atoms with Crippen LogP contribution in [0.5, 0.6) is 0 Å². The molecule has 0 atom stereocenters. The highest BCUT2D eigenvalue weighted by atomic mass is 127. The van der Waals surface area contributed by atoms with Gasteiger partial charge in [0, 0.05) is 15.0 Å². The van der Waals surface area contributed by atoms with Gasteiger partial charge in [-0.05, 0) is 29.0 Å². The summed E-state index contributed by atoms with van der Waals surface area (Å²) < 4.78 is 2.28. The van der Waals surface area contributed by atoms with Gasteiger partial charge in [-0.3, -0.25) is 4.79 Å². The van der Waals surface area contributed by atoms with Crippen LogP contribution in [0.3, 0.4) is 0 Å². The van der Waals surface area contributed by atoms with Crippen LogP contribution in [0, 0.1) is 3.57 Å². The highest BCUT2D eigenvalue weighted by Gasteiger charge is 2.03. The molecule has 84 valence electrons. The molecule has 0 aromatic carbocycles. The van der Waals surface area contributed by atoms with Crippen LogP contribution in [0.15, 0.2) is 22.4 Å². The second kappa shape index (κ2) is 5.05. The standard InChI is InChI=1S/C10H10IN3OS/c1-2-9-13-8(6-16-9)5-14-10(15)3-7(11)4-12-14/h3-4,6H,2,5H2,1H3. The Morgan fingerprint density at radius 2 is 2.38 bits per heavy atom. The zero-order valence-electron chi connectivity index (χ0n) is 8.68. The zero-order valence-corrected chi connectivity index (χ0v) is 11.7. The van der Waals surface area contributed by atoms with Gasteiger partial charge in [0.15, 0.2) is 0 Å². The minimum Gasteiger partial charge on any atom is -0.268 e. The average molecular weight is 347 g/mol. The van der Waals surface area contributed by atoms with Crippen LogP contribution in [0.25, 0.3) is 0 Å². The summed E-state index contributed by atoms with van der Waals surface area (Å²) in [6.07, 6.45) is 2.61. The summed E-state index contributed by atoms with van der Waals surface area (Å²) in [6, 6.07) is 1.57. The van der Waals surface area contributed by atoms with E-state index in [9.17, 15) is 4.79 Å². The fourth-order valence-corrected chi connectivity index (χ4v) is 2.39. The second-order valence-corrected chi connectivity index (χ2v) is 5.44. The molecule has 2 heterocycles. The summed E-state index contributed by atoms with van der Waals surface area (Å²) in [5.74, 6) is 0. The molecule has 0 aliphatic carbocycles. The van der Waals surface area contributed by atoms with Gasteiger partial charge >= 0.3 is 0 Å². The molecule has 4 nitrogen and oxygen atoms in total. The maximum absolute atomic E-state index is 11.6. The summed E-state index contributed by atoms with van der Waals surface area (Å²) in [4.78, 5) is 16.0. The van der Waals surface area contributed by atoms with Gasteiger partial charge in [-0.25, -0.2) is 9.67 Å². The molecule has 2 aromatic rings. The SMILES string of the molecule is CCc1nc(Cn2ncc(I)cc2=O)cs1. The number of nitrogens with zero attached hydrogens (tertiary/aromatic N) is 3. The van der Waals surface area contributed by atoms with Gasteiger partial charge in [0.25, 0.3) is 5.56 Å². The van der Waals surface area contributed by atoms with Crippen molar-refractivity contribution in [3.05, 3.63) is 42.3 Å². The number of aryl methyl sites for hydroxylation is 1. The molecule has 0 bridgehead atoms. The van der Waals surface area contributed by atoms with Crippen LogP contribution in [-0.4, -0.2) is 14.8 Å². The third-order valence-corrected chi connectivity index (χ3v) is 3.68. The lowest BCUT2D eigenvalue weighted by Crippen LogP contribution is -2.22. The maximum Gasteiger partial charge on any atom is 0.268 e. The molecular weight excluding hydrogens is 337 g/mol. The zero-order chi connectivity index (χ0) is 11.5. The smallest absolute Gasteiger partial charge is 0.268 e. The molecule has 0 aliphatic heterocycles. The van der Waals surface area contributed by atoms with E-state index in [1.807, 2.05) is 5.38 Å². The lowest BCUT2D eigenvalue weighted by atomic mass is 10.4. The van der Waals surface area contributed by atoms with Crippen LogP contribution >= 0.6 is 33.9 Å². The van der Waals surface area contributed by atoms with Gasteiger partial charge in [0.05, 0.1) is 23.4 Å². The Morgan fingerprint density at radius 3 is 3.00 bits per heavy atom. The average Bonchev–Trinajstić information content (AvgIpc) is 2.70.